The Labute approximate surface area is 286 Å². The van der Waals surface area contributed by atoms with Crippen molar-refractivity contribution in [3.8, 4) is 24.3 Å². The van der Waals surface area contributed by atoms with Gasteiger partial charge in [0.25, 0.3) is 0 Å². The van der Waals surface area contributed by atoms with Crippen LogP contribution < -0.4 is 5.11 Å². The molecule has 2 rings (SSSR count). The summed E-state index contributed by atoms with van der Waals surface area (Å²) in [5.74, 6) is -7.88. The zero-order chi connectivity index (χ0) is 38.9. The van der Waals surface area contributed by atoms with E-state index in [1.165, 1.54) is 24.3 Å². The fraction of sp³-hybridized carbons (Fsp3) is 0.231. The lowest BCUT2D eigenvalue weighted by molar-refractivity contribution is -0.305. The van der Waals surface area contributed by atoms with E-state index in [1.807, 2.05) is 0 Å². The normalized spacial score (nSPS) is 13.6. The molecule has 20 heteroatoms. The van der Waals surface area contributed by atoms with Crippen LogP contribution >= 0.6 is 46.4 Å². The number of carboxylic acid groups (broad SMARTS) is 4. The lowest BCUT2D eigenvalue weighted by Gasteiger charge is -2.08. The summed E-state index contributed by atoms with van der Waals surface area (Å²) in [6.07, 6.45) is -1.36. The second-order valence-corrected chi connectivity index (χ2v) is 8.60. The summed E-state index contributed by atoms with van der Waals surface area (Å²) in [5.41, 5.74) is -2.08. The average Bonchev–Trinajstić information content (AvgIpc) is 3.06. The van der Waals surface area contributed by atoms with Crippen LogP contribution in [0.1, 0.15) is 46.5 Å². The molecule has 0 bridgehead atoms. The van der Waals surface area contributed by atoms with Gasteiger partial charge < -0.3 is 25.2 Å². The molecule has 0 aromatic carbocycles. The molecule has 2 aliphatic rings. The smallest absolute Gasteiger partial charge is 0.379 e. The molecule has 0 amide bonds. The second kappa shape index (κ2) is 23.1. The third-order valence-electron chi connectivity index (χ3n) is 4.15. The molecule has 0 saturated carbocycles. The first-order valence-electron chi connectivity index (χ1n) is 12.6. The number of Topliss-reactive ketones (excluding diaryl/α,β-unsaturated/α-hetero) is 3. The SMILES string of the molecule is C.C.N#CC1=C(C#N)C(=O)C(Cl)=C(Cl)C1=O.N#CC1=C(C#N)C(=[OH+])C(Cl)=C(Cl)C1=O.O=C(O)CCC(=O)O.O=C([O-])CCC(=O)O.[2H][2H].[2H][2H]. The number of nitriles is 4. The van der Waals surface area contributed by atoms with Gasteiger partial charge in [0.2, 0.25) is 17.3 Å². The van der Waals surface area contributed by atoms with Crippen LogP contribution in [0.25, 0.3) is 0 Å². The summed E-state index contributed by atoms with van der Waals surface area (Å²) in [7, 11) is 0. The largest absolute Gasteiger partial charge is 0.550 e. The van der Waals surface area contributed by atoms with E-state index in [4.69, 9.17) is 88.7 Å². The molecular formula is C26H24Cl4N4O12. The molecule has 0 saturated heterocycles. The van der Waals surface area contributed by atoms with Crippen molar-refractivity contribution in [1.82, 2.24) is 0 Å². The van der Waals surface area contributed by atoms with Gasteiger partial charge in [0.15, 0.2) is 10.6 Å². The molecule has 0 aromatic heterocycles. The number of allylic oxidation sites excluding steroid dienone is 8. The van der Waals surface area contributed by atoms with Gasteiger partial charge in [0.1, 0.15) is 56.1 Å². The number of carboxylic acids is 4. The number of halogens is 4. The molecule has 0 atom stereocenters. The first kappa shape index (κ1) is 42.8. The van der Waals surface area contributed by atoms with Crippen LogP contribution in [0.15, 0.2) is 42.4 Å². The van der Waals surface area contributed by atoms with Crippen LogP contribution in [0.5, 0.6) is 0 Å². The van der Waals surface area contributed by atoms with Crippen LogP contribution in [-0.2, 0) is 33.6 Å². The third kappa shape index (κ3) is 14.9. The molecule has 0 fully saturated rings. The Morgan fingerprint density at radius 1 is 0.609 bits per heavy atom. The van der Waals surface area contributed by atoms with E-state index in [0.717, 1.165) is 0 Å². The van der Waals surface area contributed by atoms with Crippen LogP contribution in [0.2, 0.25) is 0 Å². The second-order valence-electron chi connectivity index (χ2n) is 7.09. The highest BCUT2D eigenvalue weighted by atomic mass is 35.5. The van der Waals surface area contributed by atoms with Crippen LogP contribution in [-0.4, -0.2) is 67.1 Å². The predicted octanol–water partition coefficient (Wildman–Crippen LogP) is 2.62. The van der Waals surface area contributed by atoms with E-state index in [2.05, 4.69) is 0 Å². The minimum absolute atomic E-state index is 0. The summed E-state index contributed by atoms with van der Waals surface area (Å²) < 4.78 is 20.0. The van der Waals surface area contributed by atoms with E-state index in [9.17, 15) is 43.5 Å². The lowest BCUT2D eigenvalue weighted by atomic mass is 9.96. The molecule has 0 heterocycles. The third-order valence-corrected chi connectivity index (χ3v) is 5.80. The van der Waals surface area contributed by atoms with Gasteiger partial charge >= 0.3 is 23.7 Å². The molecule has 0 spiro atoms. The molecule has 0 aliphatic heterocycles. The Balaban J connectivity index is -0.000000127. The van der Waals surface area contributed by atoms with E-state index < -0.39 is 95.9 Å². The molecule has 4 N–H and O–H groups in total. The van der Waals surface area contributed by atoms with Crippen molar-refractivity contribution in [2.45, 2.75) is 40.5 Å². The zero-order valence-corrected chi connectivity index (χ0v) is 24.2. The van der Waals surface area contributed by atoms with Gasteiger partial charge in [-0.05, 0) is 6.42 Å². The highest BCUT2D eigenvalue weighted by Gasteiger charge is 2.38. The standard InChI is InChI=1S/2C8Cl2N2O2.2C4H6O4.2CH4.2H2/c2*9-5-6(10)8(14)4(2-12)3(1-11)7(5)13;2*5-3(6)1-2-4(7)8;;;;/h;;2*1-2H2,(H,5,6)(H,7,8);2*1H4;2*1H/i;;;;;;2*1+1D. The Morgan fingerprint density at radius 3 is 1.07 bits per heavy atom. The number of carbonyl (C=O) groups excluding carboxylic acids is 5. The van der Waals surface area contributed by atoms with Crippen LogP contribution in [0, 0.1) is 45.3 Å². The van der Waals surface area contributed by atoms with Crippen molar-refractivity contribution in [1.29, 1.82) is 21.0 Å². The predicted molar refractivity (Wildman–Crippen MR) is 160 cm³/mol. The number of nitrogens with zero attached hydrogens (tertiary/aromatic N) is 4. The summed E-state index contributed by atoms with van der Waals surface area (Å²) in [4.78, 5) is 81.4. The highest BCUT2D eigenvalue weighted by molar-refractivity contribution is 6.60. The lowest BCUT2D eigenvalue weighted by Crippen LogP contribution is -2.22. The first-order chi connectivity index (χ1) is 22.3. The van der Waals surface area contributed by atoms with Crippen molar-refractivity contribution in [3.05, 3.63) is 42.4 Å². The molecular weight excluding hydrogens is 702 g/mol. The van der Waals surface area contributed by atoms with Gasteiger partial charge in [-0.2, -0.15) is 21.0 Å². The Morgan fingerprint density at radius 2 is 0.848 bits per heavy atom. The molecule has 0 aromatic rings. The van der Waals surface area contributed by atoms with E-state index in [0.29, 0.717) is 0 Å². The number of carbonyl (C=O) groups is 7. The summed E-state index contributed by atoms with van der Waals surface area (Å²) in [6, 6.07) is 5.88. The number of aliphatic carboxylic acids is 4. The topological polar surface area (TPSA) is 320 Å². The number of hydrogen-bond acceptors (Lipinski definition) is 12. The van der Waals surface area contributed by atoms with Crippen molar-refractivity contribution in [2.24, 2.45) is 0 Å². The van der Waals surface area contributed by atoms with Crippen molar-refractivity contribution in [3.63, 3.8) is 0 Å². The van der Waals surface area contributed by atoms with Gasteiger partial charge in [-0.25, -0.2) is 0 Å². The van der Waals surface area contributed by atoms with Crippen molar-refractivity contribution >= 4 is 93.4 Å². The van der Waals surface area contributed by atoms with Crippen molar-refractivity contribution in [2.75, 3.05) is 0 Å². The Kier molecular flexibility index (Phi) is 21.5. The Bertz CT molecular complexity index is 1410. The van der Waals surface area contributed by atoms with E-state index in [-0.39, 0.29) is 34.1 Å². The first-order valence-corrected chi connectivity index (χ1v) is 12.1. The van der Waals surface area contributed by atoms with Crippen LogP contribution in [0.3, 0.4) is 0 Å². The Hall–Kier alpha value is -5.36. The van der Waals surface area contributed by atoms with E-state index >= 15 is 0 Å². The minimum Gasteiger partial charge on any atom is -0.550 e. The van der Waals surface area contributed by atoms with Crippen LogP contribution in [0.4, 0.5) is 0 Å². The maximum absolute atomic E-state index is 11.3. The molecule has 0 unspecified atom stereocenters. The maximum Gasteiger partial charge on any atom is 0.379 e. The fourth-order valence-corrected chi connectivity index (χ4v) is 2.88. The zero-order valence-electron chi connectivity index (χ0n) is 25.2. The van der Waals surface area contributed by atoms with Gasteiger partial charge in [0.05, 0.1) is 19.3 Å². The minimum atomic E-state index is -1.33. The molecule has 16 nitrogen and oxygen atoms in total. The monoisotopic (exact) mass is 728 g/mol. The molecule has 2 aliphatic carbocycles. The highest BCUT2D eigenvalue weighted by Crippen LogP contribution is 2.29. The summed E-state index contributed by atoms with van der Waals surface area (Å²) in [5, 5.41) is 65.5. The summed E-state index contributed by atoms with van der Waals surface area (Å²) >= 11 is 21.7. The fourth-order valence-electron chi connectivity index (χ4n) is 2.15. The quantitative estimate of drug-likeness (QED) is 0.261. The number of ketones is 4. The molecule has 0 radical (unpaired) electrons. The number of hydrogen-bond donors (Lipinski definition) is 3. The van der Waals surface area contributed by atoms with Gasteiger partial charge in [-0.3, -0.25) is 33.6 Å². The molecule has 46 heavy (non-hydrogen) atoms. The number of rotatable bonds is 6. The molecule has 248 valence electrons. The van der Waals surface area contributed by atoms with Gasteiger partial charge in [0, 0.05) is 11.9 Å². The van der Waals surface area contributed by atoms with Crippen molar-refractivity contribution < 1.29 is 64.7 Å². The van der Waals surface area contributed by atoms with Gasteiger partial charge in [-0.15, -0.1) is 0 Å². The summed E-state index contributed by atoms with van der Waals surface area (Å²) in [6.45, 7) is 0. The van der Waals surface area contributed by atoms with E-state index in [1.54, 1.807) is 0 Å². The van der Waals surface area contributed by atoms with Gasteiger partial charge in [-0.1, -0.05) is 61.3 Å². The average molecular weight is 730 g/mol. The maximum atomic E-state index is 11.3.